The van der Waals surface area contributed by atoms with Crippen LogP contribution in [0.3, 0.4) is 0 Å². The van der Waals surface area contributed by atoms with Gasteiger partial charge in [-0.05, 0) is 55.2 Å². The molecule has 0 heterocycles. The zero-order valence-corrected chi connectivity index (χ0v) is 15.9. The molecule has 3 N–H and O–H groups in total. The third-order valence-corrected chi connectivity index (χ3v) is 4.99. The molecule has 0 saturated heterocycles. The van der Waals surface area contributed by atoms with E-state index in [1.54, 1.807) is 37.3 Å². The average Bonchev–Trinajstić information content (AvgIpc) is 3.06. The van der Waals surface area contributed by atoms with Crippen molar-refractivity contribution in [2.45, 2.75) is 32.7 Å². The number of aryl methyl sites for hydroxylation is 1. The number of hydrogen-bond donors (Lipinski definition) is 3. The van der Waals surface area contributed by atoms with Crippen molar-refractivity contribution in [3.8, 4) is 0 Å². The first-order chi connectivity index (χ1) is 13.4. The van der Waals surface area contributed by atoms with E-state index in [0.29, 0.717) is 23.5 Å². The van der Waals surface area contributed by atoms with Gasteiger partial charge in [-0.25, -0.2) is 4.79 Å². The van der Waals surface area contributed by atoms with Crippen molar-refractivity contribution < 1.29 is 19.5 Å². The summed E-state index contributed by atoms with van der Waals surface area (Å²) in [5.74, 6) is -0.269. The largest absolute Gasteiger partial charge is 0.465 e. The van der Waals surface area contributed by atoms with Crippen LogP contribution in [0, 0.1) is 0 Å². The van der Waals surface area contributed by atoms with E-state index in [9.17, 15) is 14.4 Å². The molecular weight excluding hydrogens is 358 g/mol. The van der Waals surface area contributed by atoms with Gasteiger partial charge in [0, 0.05) is 19.0 Å². The van der Waals surface area contributed by atoms with Gasteiger partial charge in [0.1, 0.15) is 0 Å². The minimum absolute atomic E-state index is 0.0460. The Balaban J connectivity index is 1.80. The summed E-state index contributed by atoms with van der Waals surface area (Å²) in [4.78, 5) is 37.3. The lowest BCUT2D eigenvalue weighted by Gasteiger charge is -2.27. The summed E-state index contributed by atoms with van der Waals surface area (Å²) in [5.41, 5.74) is 3.35. The first kappa shape index (κ1) is 19.4. The SMILES string of the molecule is CCN(C(C)=O)C1CCc2cc(C(=O)Nc3ccccc3NC(=O)O)ccc21. The first-order valence-electron chi connectivity index (χ1n) is 9.21. The van der Waals surface area contributed by atoms with Gasteiger partial charge in [-0.15, -0.1) is 0 Å². The second-order valence-electron chi connectivity index (χ2n) is 6.70. The second-order valence-corrected chi connectivity index (χ2v) is 6.70. The monoisotopic (exact) mass is 381 g/mol. The molecular formula is C21H23N3O4. The number of carbonyl (C=O) groups excluding carboxylic acids is 2. The molecule has 1 aliphatic carbocycles. The molecule has 0 aliphatic heterocycles. The van der Waals surface area contributed by atoms with E-state index >= 15 is 0 Å². The van der Waals surface area contributed by atoms with Crippen LogP contribution in [0.1, 0.15) is 47.8 Å². The number of carboxylic acid groups (broad SMARTS) is 1. The van der Waals surface area contributed by atoms with Crippen LogP contribution >= 0.6 is 0 Å². The highest BCUT2D eigenvalue weighted by molar-refractivity contribution is 6.07. The smallest absolute Gasteiger partial charge is 0.409 e. The number of rotatable bonds is 5. The predicted molar refractivity (Wildman–Crippen MR) is 107 cm³/mol. The Bertz CT molecular complexity index is 926. The zero-order chi connectivity index (χ0) is 20.3. The van der Waals surface area contributed by atoms with Gasteiger partial charge in [-0.2, -0.15) is 0 Å². The Labute approximate surface area is 163 Å². The number of nitrogens with one attached hydrogen (secondary N) is 2. The number of nitrogens with zero attached hydrogens (tertiary/aromatic N) is 1. The molecule has 0 spiro atoms. The van der Waals surface area contributed by atoms with Crippen LogP contribution in [0.25, 0.3) is 0 Å². The third kappa shape index (κ3) is 3.98. The van der Waals surface area contributed by atoms with Crippen molar-refractivity contribution >= 4 is 29.3 Å². The Hall–Kier alpha value is -3.35. The summed E-state index contributed by atoms with van der Waals surface area (Å²) in [6.45, 7) is 4.19. The van der Waals surface area contributed by atoms with Crippen LogP contribution in [0.2, 0.25) is 0 Å². The molecule has 7 heteroatoms. The van der Waals surface area contributed by atoms with E-state index in [1.165, 1.54) is 0 Å². The predicted octanol–water partition coefficient (Wildman–Crippen LogP) is 3.88. The van der Waals surface area contributed by atoms with Gasteiger partial charge in [0.25, 0.3) is 5.91 Å². The quantitative estimate of drug-likeness (QED) is 0.732. The van der Waals surface area contributed by atoms with Crippen molar-refractivity contribution in [2.24, 2.45) is 0 Å². The van der Waals surface area contributed by atoms with Crippen molar-refractivity contribution in [3.05, 3.63) is 59.2 Å². The lowest BCUT2D eigenvalue weighted by molar-refractivity contribution is -0.131. The van der Waals surface area contributed by atoms with Crippen LogP contribution in [-0.2, 0) is 11.2 Å². The van der Waals surface area contributed by atoms with Gasteiger partial charge in [0.2, 0.25) is 5.91 Å². The van der Waals surface area contributed by atoms with E-state index in [4.69, 9.17) is 5.11 Å². The van der Waals surface area contributed by atoms with Crippen LogP contribution in [0.15, 0.2) is 42.5 Å². The molecule has 0 aromatic heterocycles. The van der Waals surface area contributed by atoms with Crippen molar-refractivity contribution in [1.82, 2.24) is 4.90 Å². The number of para-hydroxylation sites is 2. The van der Waals surface area contributed by atoms with E-state index in [-0.39, 0.29) is 17.9 Å². The summed E-state index contributed by atoms with van der Waals surface area (Å²) in [5, 5.41) is 14.0. The van der Waals surface area contributed by atoms with Gasteiger partial charge in [-0.1, -0.05) is 18.2 Å². The molecule has 0 saturated carbocycles. The Morgan fingerprint density at radius 3 is 2.39 bits per heavy atom. The highest BCUT2D eigenvalue weighted by Gasteiger charge is 2.29. The van der Waals surface area contributed by atoms with Gasteiger partial charge in [0.15, 0.2) is 0 Å². The van der Waals surface area contributed by atoms with E-state index in [2.05, 4.69) is 10.6 Å². The van der Waals surface area contributed by atoms with Crippen molar-refractivity contribution in [3.63, 3.8) is 0 Å². The Morgan fingerprint density at radius 1 is 1.11 bits per heavy atom. The first-order valence-corrected chi connectivity index (χ1v) is 9.21. The molecule has 2 aromatic carbocycles. The van der Waals surface area contributed by atoms with Crippen molar-refractivity contribution in [1.29, 1.82) is 0 Å². The van der Waals surface area contributed by atoms with Crippen LogP contribution in [0.5, 0.6) is 0 Å². The summed E-state index contributed by atoms with van der Waals surface area (Å²) < 4.78 is 0. The Kier molecular flexibility index (Phi) is 5.63. The van der Waals surface area contributed by atoms with Crippen LogP contribution in [-0.4, -0.2) is 34.5 Å². The summed E-state index contributed by atoms with van der Waals surface area (Å²) in [7, 11) is 0. The van der Waals surface area contributed by atoms with Crippen LogP contribution < -0.4 is 10.6 Å². The maximum atomic E-state index is 12.7. The highest BCUT2D eigenvalue weighted by Crippen LogP contribution is 2.36. The van der Waals surface area contributed by atoms with Gasteiger partial charge in [-0.3, -0.25) is 14.9 Å². The molecule has 0 fully saturated rings. The number of benzene rings is 2. The van der Waals surface area contributed by atoms with Gasteiger partial charge < -0.3 is 15.3 Å². The third-order valence-electron chi connectivity index (χ3n) is 4.99. The fourth-order valence-corrected chi connectivity index (χ4v) is 3.73. The molecule has 2 aromatic rings. The number of carbonyl (C=O) groups is 3. The lowest BCUT2D eigenvalue weighted by atomic mass is 10.0. The zero-order valence-electron chi connectivity index (χ0n) is 15.9. The molecule has 1 aliphatic rings. The number of fused-ring (bicyclic) bond motifs is 1. The maximum absolute atomic E-state index is 12.7. The normalized spacial score (nSPS) is 14.9. The van der Waals surface area contributed by atoms with Crippen LogP contribution in [0.4, 0.5) is 16.2 Å². The minimum atomic E-state index is -1.20. The van der Waals surface area contributed by atoms with E-state index < -0.39 is 6.09 Å². The van der Waals surface area contributed by atoms with Gasteiger partial charge in [0.05, 0.1) is 17.4 Å². The molecule has 0 radical (unpaired) electrons. The Morgan fingerprint density at radius 2 is 1.79 bits per heavy atom. The second kappa shape index (κ2) is 8.12. The van der Waals surface area contributed by atoms with E-state index in [1.807, 2.05) is 24.0 Å². The standard InChI is InChI=1S/C21H23N3O4/c1-3-24(13(2)25)19-11-9-14-12-15(8-10-16(14)19)20(26)22-17-6-4-5-7-18(17)23-21(27)28/h4-8,10,12,19,23H,3,9,11H2,1-2H3,(H,22,26)(H,27,28). The van der Waals surface area contributed by atoms with E-state index in [0.717, 1.165) is 24.0 Å². The number of anilines is 2. The van der Waals surface area contributed by atoms with Crippen molar-refractivity contribution in [2.75, 3.05) is 17.2 Å². The number of hydrogen-bond acceptors (Lipinski definition) is 3. The highest BCUT2D eigenvalue weighted by atomic mass is 16.4. The van der Waals surface area contributed by atoms with Gasteiger partial charge >= 0.3 is 6.09 Å². The molecule has 3 rings (SSSR count). The molecule has 7 nitrogen and oxygen atoms in total. The fraction of sp³-hybridized carbons (Fsp3) is 0.286. The average molecular weight is 381 g/mol. The topological polar surface area (TPSA) is 98.7 Å². The molecule has 28 heavy (non-hydrogen) atoms. The molecule has 0 bridgehead atoms. The maximum Gasteiger partial charge on any atom is 0.409 e. The molecule has 3 amide bonds. The molecule has 1 unspecified atom stereocenters. The summed E-state index contributed by atoms with van der Waals surface area (Å²) in [6.07, 6.45) is 0.456. The molecule has 1 atom stereocenters. The molecule has 146 valence electrons. The summed E-state index contributed by atoms with van der Waals surface area (Å²) >= 11 is 0. The summed E-state index contributed by atoms with van der Waals surface area (Å²) in [6, 6.07) is 12.2. The number of amides is 3. The lowest BCUT2D eigenvalue weighted by Crippen LogP contribution is -2.31. The minimum Gasteiger partial charge on any atom is -0.465 e. The fourth-order valence-electron chi connectivity index (χ4n) is 3.73.